The number of thioether (sulfide) groups is 1. The van der Waals surface area contributed by atoms with Crippen LogP contribution in [-0.2, 0) is 0 Å². The zero-order valence-electron chi connectivity index (χ0n) is 5.20. The van der Waals surface area contributed by atoms with Crippen molar-refractivity contribution in [3.05, 3.63) is 5.69 Å². The maximum atomic E-state index is 10.9. The molecule has 1 heterocycles. The average Bonchev–Trinajstić information content (AvgIpc) is 2.34. The fraction of sp³-hybridized carbons (Fsp3) is 0.250. The largest absolute Gasteiger partial charge is 0.387 e. The van der Waals surface area contributed by atoms with E-state index in [1.54, 1.807) is 6.26 Å². The molecule has 0 spiro atoms. The summed E-state index contributed by atoms with van der Waals surface area (Å²) in [5, 5.41) is 3.81. The number of nitrogen functional groups attached to an aromatic ring is 1. The number of aromatic nitrogens is 2. The molecule has 0 amide bonds. The molecule has 10 heavy (non-hydrogen) atoms. The summed E-state index contributed by atoms with van der Waals surface area (Å²) in [7, 11) is 0. The second kappa shape index (κ2) is 2.98. The van der Waals surface area contributed by atoms with Crippen molar-refractivity contribution in [2.75, 3.05) is 12.0 Å². The summed E-state index contributed by atoms with van der Waals surface area (Å²) in [6, 6.07) is 0. The second-order valence-corrected chi connectivity index (χ2v) is 3.04. The van der Waals surface area contributed by atoms with Gasteiger partial charge in [0.1, 0.15) is 5.00 Å². The highest BCUT2D eigenvalue weighted by molar-refractivity contribution is 8.13. The number of rotatable bonds is 1. The van der Waals surface area contributed by atoms with Crippen molar-refractivity contribution < 1.29 is 4.79 Å². The van der Waals surface area contributed by atoms with E-state index in [2.05, 4.69) is 9.59 Å². The lowest BCUT2D eigenvalue weighted by molar-refractivity contribution is 0.108. The molecule has 0 aliphatic rings. The highest BCUT2D eigenvalue weighted by Crippen LogP contribution is 2.16. The van der Waals surface area contributed by atoms with Crippen LogP contribution in [0.2, 0.25) is 0 Å². The Morgan fingerprint density at radius 3 is 2.90 bits per heavy atom. The molecule has 0 fully saturated rings. The Morgan fingerprint density at radius 2 is 2.50 bits per heavy atom. The fourth-order valence-electron chi connectivity index (χ4n) is 0.436. The highest BCUT2D eigenvalue weighted by Gasteiger charge is 2.11. The Balaban J connectivity index is 2.93. The lowest BCUT2D eigenvalue weighted by atomic mass is 10.5. The van der Waals surface area contributed by atoms with Crippen molar-refractivity contribution in [3.8, 4) is 0 Å². The summed E-state index contributed by atoms with van der Waals surface area (Å²) in [4.78, 5) is 10.9. The molecule has 2 N–H and O–H groups in total. The van der Waals surface area contributed by atoms with Crippen LogP contribution in [0.4, 0.5) is 5.00 Å². The van der Waals surface area contributed by atoms with Crippen LogP contribution in [0.5, 0.6) is 0 Å². The van der Waals surface area contributed by atoms with Crippen molar-refractivity contribution >= 4 is 33.4 Å². The molecule has 4 nitrogen and oxygen atoms in total. The van der Waals surface area contributed by atoms with E-state index in [4.69, 9.17) is 5.73 Å². The zero-order valence-corrected chi connectivity index (χ0v) is 6.83. The first-order chi connectivity index (χ1) is 4.75. The van der Waals surface area contributed by atoms with Crippen molar-refractivity contribution in [1.29, 1.82) is 0 Å². The third-order valence-electron chi connectivity index (χ3n) is 0.892. The Labute approximate surface area is 66.0 Å². The van der Waals surface area contributed by atoms with Crippen LogP contribution < -0.4 is 5.73 Å². The standard InChI is InChI=1S/C4H5N3OS2/c1-9-4(8)2-3(5)10-7-6-2/h5H2,1H3. The van der Waals surface area contributed by atoms with Gasteiger partial charge in [0.05, 0.1) is 0 Å². The lowest BCUT2D eigenvalue weighted by Crippen LogP contribution is -1.97. The van der Waals surface area contributed by atoms with Crippen LogP contribution in [0.25, 0.3) is 0 Å². The van der Waals surface area contributed by atoms with Crippen molar-refractivity contribution in [2.45, 2.75) is 0 Å². The molecule has 0 unspecified atom stereocenters. The summed E-state index contributed by atoms with van der Waals surface area (Å²) < 4.78 is 3.52. The van der Waals surface area contributed by atoms with Gasteiger partial charge in [-0.25, -0.2) is 0 Å². The predicted molar refractivity (Wildman–Crippen MR) is 42.2 cm³/mol. The number of nitrogens with two attached hydrogens (primary N) is 1. The fourth-order valence-corrected chi connectivity index (χ4v) is 1.27. The Hall–Kier alpha value is -0.620. The second-order valence-electron chi connectivity index (χ2n) is 1.48. The first kappa shape index (κ1) is 7.49. The molecule has 54 valence electrons. The van der Waals surface area contributed by atoms with Crippen LogP contribution in [0.15, 0.2) is 0 Å². The van der Waals surface area contributed by atoms with Gasteiger partial charge in [-0.1, -0.05) is 16.3 Å². The molecule has 1 aromatic heterocycles. The molecule has 0 atom stereocenters. The van der Waals surface area contributed by atoms with Crippen LogP contribution in [-0.4, -0.2) is 21.0 Å². The minimum absolute atomic E-state index is 0.133. The molecule has 0 aromatic carbocycles. The molecule has 0 bridgehead atoms. The molecule has 0 saturated heterocycles. The van der Waals surface area contributed by atoms with Crippen LogP contribution in [0.1, 0.15) is 10.5 Å². The zero-order chi connectivity index (χ0) is 7.56. The molecular weight excluding hydrogens is 170 g/mol. The molecular formula is C4H5N3OS2. The summed E-state index contributed by atoms with van der Waals surface area (Å²) in [5.41, 5.74) is 5.65. The lowest BCUT2D eigenvalue weighted by Gasteiger charge is -1.88. The van der Waals surface area contributed by atoms with E-state index in [1.165, 1.54) is 0 Å². The predicted octanol–water partition coefficient (Wildman–Crippen LogP) is 0.624. The summed E-state index contributed by atoms with van der Waals surface area (Å²) >= 11 is 2.11. The van der Waals surface area contributed by atoms with Gasteiger partial charge in [-0.2, -0.15) is 0 Å². The molecule has 0 saturated carbocycles. The van der Waals surface area contributed by atoms with E-state index in [-0.39, 0.29) is 10.8 Å². The summed E-state index contributed by atoms with van der Waals surface area (Å²) in [6.07, 6.45) is 1.68. The van der Waals surface area contributed by atoms with Gasteiger partial charge < -0.3 is 5.73 Å². The molecule has 6 heteroatoms. The van der Waals surface area contributed by atoms with Crippen molar-refractivity contribution in [3.63, 3.8) is 0 Å². The van der Waals surface area contributed by atoms with Gasteiger partial charge in [0, 0.05) is 11.5 Å². The number of carbonyl (C=O) groups is 1. The van der Waals surface area contributed by atoms with E-state index in [1.807, 2.05) is 0 Å². The van der Waals surface area contributed by atoms with Gasteiger partial charge in [0.25, 0.3) is 0 Å². The monoisotopic (exact) mass is 175 g/mol. The molecule has 0 aliphatic heterocycles. The first-order valence-electron chi connectivity index (χ1n) is 2.42. The topological polar surface area (TPSA) is 68.9 Å². The van der Waals surface area contributed by atoms with Crippen molar-refractivity contribution in [2.24, 2.45) is 0 Å². The quantitative estimate of drug-likeness (QED) is 0.677. The van der Waals surface area contributed by atoms with Gasteiger partial charge >= 0.3 is 0 Å². The van der Waals surface area contributed by atoms with E-state index < -0.39 is 0 Å². The molecule has 1 rings (SSSR count). The third kappa shape index (κ3) is 1.27. The average molecular weight is 175 g/mol. The first-order valence-corrected chi connectivity index (χ1v) is 4.41. The van der Waals surface area contributed by atoms with Crippen LogP contribution in [0.3, 0.4) is 0 Å². The van der Waals surface area contributed by atoms with E-state index in [0.29, 0.717) is 5.00 Å². The minimum Gasteiger partial charge on any atom is -0.387 e. The minimum atomic E-state index is -0.133. The normalized spacial score (nSPS) is 9.70. The molecule has 0 aliphatic carbocycles. The maximum Gasteiger partial charge on any atom is 0.242 e. The van der Waals surface area contributed by atoms with Crippen LogP contribution >= 0.6 is 23.3 Å². The van der Waals surface area contributed by atoms with E-state index in [0.717, 1.165) is 23.3 Å². The Morgan fingerprint density at radius 1 is 1.80 bits per heavy atom. The number of nitrogens with zero attached hydrogens (tertiary/aromatic N) is 2. The Bertz CT molecular complexity index is 246. The smallest absolute Gasteiger partial charge is 0.242 e. The SMILES string of the molecule is CSC(=O)c1nnsc1N. The molecule has 1 aromatic rings. The Kier molecular flexibility index (Phi) is 2.23. The summed E-state index contributed by atoms with van der Waals surface area (Å²) in [6.45, 7) is 0. The number of hydrogen-bond acceptors (Lipinski definition) is 6. The van der Waals surface area contributed by atoms with E-state index in [9.17, 15) is 4.79 Å². The van der Waals surface area contributed by atoms with Gasteiger partial charge in [0.2, 0.25) is 5.12 Å². The van der Waals surface area contributed by atoms with Gasteiger partial charge in [-0.05, 0) is 6.26 Å². The van der Waals surface area contributed by atoms with Crippen molar-refractivity contribution in [1.82, 2.24) is 9.59 Å². The van der Waals surface area contributed by atoms with Crippen LogP contribution in [0, 0.1) is 0 Å². The third-order valence-corrected chi connectivity index (χ3v) is 2.01. The number of carbonyl (C=O) groups excluding carboxylic acids is 1. The van der Waals surface area contributed by atoms with E-state index >= 15 is 0 Å². The maximum absolute atomic E-state index is 10.9. The number of anilines is 1. The van der Waals surface area contributed by atoms with Gasteiger partial charge in [0.15, 0.2) is 5.69 Å². The van der Waals surface area contributed by atoms with Gasteiger partial charge in [-0.15, -0.1) is 5.10 Å². The van der Waals surface area contributed by atoms with Gasteiger partial charge in [-0.3, -0.25) is 4.79 Å². The molecule has 0 radical (unpaired) electrons. The number of hydrogen-bond donors (Lipinski definition) is 1. The summed E-state index contributed by atoms with van der Waals surface area (Å²) in [5.74, 6) is 0. The highest BCUT2D eigenvalue weighted by atomic mass is 32.2.